The van der Waals surface area contributed by atoms with E-state index in [0.29, 0.717) is 22.0 Å². The lowest BCUT2D eigenvalue weighted by atomic mass is 10.1. The number of hydrogen-bond acceptors (Lipinski definition) is 4. The van der Waals surface area contributed by atoms with Gasteiger partial charge in [0, 0.05) is 10.4 Å². The zero-order valence-electron chi connectivity index (χ0n) is 16.1. The van der Waals surface area contributed by atoms with Crippen LogP contribution < -0.4 is 11.1 Å². The number of amides is 2. The van der Waals surface area contributed by atoms with Crippen molar-refractivity contribution in [1.29, 1.82) is 0 Å². The molecule has 4 rings (SSSR count). The van der Waals surface area contributed by atoms with Gasteiger partial charge in [-0.05, 0) is 30.2 Å². The Kier molecular flexibility index (Phi) is 5.57. The molecule has 2 aromatic heterocycles. The Bertz CT molecular complexity index is 1230. The molecule has 0 spiro atoms. The Hall–Kier alpha value is -3.16. The molecule has 0 saturated heterocycles. The minimum absolute atomic E-state index is 0.354. The molecule has 0 aliphatic carbocycles. The molecule has 2 heterocycles. The molecule has 2 aromatic carbocycles. The molecule has 0 aliphatic heterocycles. The molecular weight excluding hydrogens is 420 g/mol. The maximum absolute atomic E-state index is 12.9. The summed E-state index contributed by atoms with van der Waals surface area (Å²) < 4.78 is 1.84. The van der Waals surface area contributed by atoms with Gasteiger partial charge in [-0.25, -0.2) is 0 Å². The number of fused-ring (bicyclic) bond motifs is 1. The number of benzene rings is 2. The van der Waals surface area contributed by atoms with Crippen LogP contribution in [0.25, 0.3) is 10.2 Å². The molecular formula is C22H19ClN4O2S. The fraction of sp³-hybridized carbons (Fsp3) is 0.136. The van der Waals surface area contributed by atoms with Gasteiger partial charge in [0.05, 0.1) is 17.1 Å². The van der Waals surface area contributed by atoms with Crippen LogP contribution in [0.2, 0.25) is 5.02 Å². The molecule has 1 unspecified atom stereocenters. The van der Waals surface area contributed by atoms with Crippen LogP contribution in [0.15, 0.2) is 60.7 Å². The van der Waals surface area contributed by atoms with Crippen LogP contribution in [0, 0.1) is 6.92 Å². The van der Waals surface area contributed by atoms with E-state index < -0.39 is 11.9 Å². The molecule has 6 nitrogen and oxygen atoms in total. The maximum atomic E-state index is 12.9. The number of nitrogens with one attached hydrogen (secondary N) is 1. The Morgan fingerprint density at radius 2 is 1.87 bits per heavy atom. The van der Waals surface area contributed by atoms with E-state index in [9.17, 15) is 9.59 Å². The first-order valence-corrected chi connectivity index (χ1v) is 10.5. The van der Waals surface area contributed by atoms with Crippen LogP contribution in [-0.2, 0) is 11.3 Å². The first-order chi connectivity index (χ1) is 14.4. The smallest absolute Gasteiger partial charge is 0.262 e. The van der Waals surface area contributed by atoms with Gasteiger partial charge in [-0.15, -0.1) is 11.3 Å². The molecule has 0 radical (unpaired) electrons. The van der Waals surface area contributed by atoms with Crippen LogP contribution >= 0.6 is 22.9 Å². The van der Waals surface area contributed by atoms with Crippen LogP contribution in [0.5, 0.6) is 0 Å². The van der Waals surface area contributed by atoms with Crippen molar-refractivity contribution >= 4 is 45.0 Å². The lowest BCUT2D eigenvalue weighted by molar-refractivity contribution is -0.120. The van der Waals surface area contributed by atoms with Crippen LogP contribution in [0.4, 0.5) is 0 Å². The molecule has 0 aliphatic rings. The lowest BCUT2D eigenvalue weighted by Crippen LogP contribution is -2.37. The van der Waals surface area contributed by atoms with Gasteiger partial charge in [-0.3, -0.25) is 14.3 Å². The summed E-state index contributed by atoms with van der Waals surface area (Å²) in [5.74, 6) is -0.968. The van der Waals surface area contributed by atoms with E-state index >= 15 is 0 Å². The highest BCUT2D eigenvalue weighted by atomic mass is 35.5. The molecule has 8 heteroatoms. The highest BCUT2D eigenvalue weighted by Gasteiger charge is 2.23. The van der Waals surface area contributed by atoms with Crippen molar-refractivity contribution in [3.8, 4) is 0 Å². The van der Waals surface area contributed by atoms with Gasteiger partial charge in [0.2, 0.25) is 5.91 Å². The summed E-state index contributed by atoms with van der Waals surface area (Å²) in [7, 11) is 0. The van der Waals surface area contributed by atoms with Gasteiger partial charge in [-0.2, -0.15) is 5.10 Å². The number of primary amides is 1. The predicted molar refractivity (Wildman–Crippen MR) is 119 cm³/mol. The topological polar surface area (TPSA) is 90.0 Å². The largest absolute Gasteiger partial charge is 0.368 e. The van der Waals surface area contributed by atoms with E-state index in [0.717, 1.165) is 21.5 Å². The van der Waals surface area contributed by atoms with Gasteiger partial charge in [0.25, 0.3) is 5.91 Å². The summed E-state index contributed by atoms with van der Waals surface area (Å²) in [6, 6.07) is 17.4. The molecule has 30 heavy (non-hydrogen) atoms. The Morgan fingerprint density at radius 1 is 1.17 bits per heavy atom. The minimum Gasteiger partial charge on any atom is -0.368 e. The normalized spacial score (nSPS) is 12.1. The number of thiophene rings is 1. The Labute approximate surface area is 182 Å². The van der Waals surface area contributed by atoms with Gasteiger partial charge in [0.1, 0.15) is 10.9 Å². The number of nitrogens with two attached hydrogens (primary N) is 1. The number of rotatable bonds is 6. The van der Waals surface area contributed by atoms with Crippen molar-refractivity contribution in [3.05, 3.63) is 87.4 Å². The SMILES string of the molecule is Cc1nn(Cc2ccccc2Cl)c2sc(C(=O)NC(C(N)=O)c3ccccc3)cc12. The van der Waals surface area contributed by atoms with Crippen molar-refractivity contribution in [3.63, 3.8) is 0 Å². The van der Waals surface area contributed by atoms with Crippen molar-refractivity contribution in [2.24, 2.45) is 5.73 Å². The van der Waals surface area contributed by atoms with Gasteiger partial charge in [-0.1, -0.05) is 60.1 Å². The molecule has 4 aromatic rings. The number of aromatic nitrogens is 2. The number of halogens is 1. The zero-order valence-corrected chi connectivity index (χ0v) is 17.7. The summed E-state index contributed by atoms with van der Waals surface area (Å²) in [4.78, 5) is 26.1. The second-order valence-corrected chi connectivity index (χ2v) is 8.32. The first-order valence-electron chi connectivity index (χ1n) is 9.29. The Balaban J connectivity index is 1.62. The molecule has 0 saturated carbocycles. The quantitative estimate of drug-likeness (QED) is 0.475. The summed E-state index contributed by atoms with van der Waals surface area (Å²) >= 11 is 7.61. The van der Waals surface area contributed by atoms with Gasteiger partial charge < -0.3 is 11.1 Å². The fourth-order valence-electron chi connectivity index (χ4n) is 3.29. The van der Waals surface area contributed by atoms with Gasteiger partial charge >= 0.3 is 0 Å². The van der Waals surface area contributed by atoms with Crippen molar-refractivity contribution in [1.82, 2.24) is 15.1 Å². The molecule has 1 atom stereocenters. The summed E-state index contributed by atoms with van der Waals surface area (Å²) in [5.41, 5.74) is 7.93. The Morgan fingerprint density at radius 3 is 2.57 bits per heavy atom. The highest BCUT2D eigenvalue weighted by molar-refractivity contribution is 7.20. The van der Waals surface area contributed by atoms with Crippen molar-refractivity contribution in [2.75, 3.05) is 0 Å². The van der Waals surface area contributed by atoms with Crippen LogP contribution in [0.1, 0.15) is 32.5 Å². The van der Waals surface area contributed by atoms with Crippen molar-refractivity contribution in [2.45, 2.75) is 19.5 Å². The average molecular weight is 439 g/mol. The molecule has 152 valence electrons. The van der Waals surface area contributed by atoms with E-state index in [2.05, 4.69) is 10.4 Å². The van der Waals surface area contributed by atoms with Gasteiger partial charge in [0.15, 0.2) is 0 Å². The fourth-order valence-corrected chi connectivity index (χ4v) is 4.55. The molecule has 3 N–H and O–H groups in total. The van der Waals surface area contributed by atoms with Crippen LogP contribution in [0.3, 0.4) is 0 Å². The van der Waals surface area contributed by atoms with E-state index in [4.69, 9.17) is 17.3 Å². The van der Waals surface area contributed by atoms with E-state index in [-0.39, 0.29) is 5.91 Å². The highest BCUT2D eigenvalue weighted by Crippen LogP contribution is 2.30. The second-order valence-electron chi connectivity index (χ2n) is 6.88. The van der Waals surface area contributed by atoms with E-state index in [1.807, 2.05) is 41.9 Å². The lowest BCUT2D eigenvalue weighted by Gasteiger charge is -2.15. The summed E-state index contributed by atoms with van der Waals surface area (Å²) in [6.07, 6.45) is 0. The number of hydrogen-bond donors (Lipinski definition) is 2. The number of carbonyl (C=O) groups is 2. The average Bonchev–Trinajstić information content (AvgIpc) is 3.29. The number of nitrogens with zero attached hydrogens (tertiary/aromatic N) is 2. The zero-order chi connectivity index (χ0) is 21.3. The standard InChI is InChI=1S/C22H19ClN4O2S/c1-13-16-11-18(21(29)25-19(20(24)28)14-7-3-2-4-8-14)30-22(16)27(26-13)12-15-9-5-6-10-17(15)23/h2-11,19H,12H2,1H3,(H2,24,28)(H,25,29). The monoisotopic (exact) mass is 438 g/mol. The third kappa shape index (κ3) is 3.94. The maximum Gasteiger partial charge on any atom is 0.262 e. The van der Waals surface area contributed by atoms with E-state index in [1.54, 1.807) is 30.3 Å². The van der Waals surface area contributed by atoms with E-state index in [1.165, 1.54) is 11.3 Å². The summed E-state index contributed by atoms with van der Waals surface area (Å²) in [6.45, 7) is 2.40. The molecule has 0 bridgehead atoms. The summed E-state index contributed by atoms with van der Waals surface area (Å²) in [5, 5.41) is 8.89. The molecule has 2 amide bonds. The predicted octanol–water partition coefficient (Wildman–Crippen LogP) is 4.06. The minimum atomic E-state index is -0.898. The third-order valence-corrected chi connectivity index (χ3v) is 6.32. The first kappa shape index (κ1) is 20.1. The molecule has 0 fully saturated rings. The van der Waals surface area contributed by atoms with Crippen LogP contribution in [-0.4, -0.2) is 21.6 Å². The number of aryl methyl sites for hydroxylation is 1. The number of carbonyl (C=O) groups excluding carboxylic acids is 2. The second kappa shape index (κ2) is 8.30. The third-order valence-electron chi connectivity index (χ3n) is 4.80. The van der Waals surface area contributed by atoms with Crippen molar-refractivity contribution < 1.29 is 9.59 Å².